The summed E-state index contributed by atoms with van der Waals surface area (Å²) in [5.74, 6) is -0.606. The second-order valence-electron chi connectivity index (χ2n) is 4.41. The number of rotatable bonds is 4. The number of carbonyl (C=O) groups excluding carboxylic acids is 1. The van der Waals surface area contributed by atoms with Crippen molar-refractivity contribution in [3.8, 4) is 0 Å². The van der Waals surface area contributed by atoms with Gasteiger partial charge in [0.1, 0.15) is 5.69 Å². The van der Waals surface area contributed by atoms with Crippen molar-refractivity contribution in [1.29, 1.82) is 0 Å². The van der Waals surface area contributed by atoms with E-state index in [0.29, 0.717) is 24.3 Å². The highest BCUT2D eigenvalue weighted by Crippen LogP contribution is 2.37. The van der Waals surface area contributed by atoms with E-state index in [2.05, 4.69) is 21.9 Å². The fourth-order valence-corrected chi connectivity index (χ4v) is 2.13. The Balaban J connectivity index is 0.00000116. The zero-order valence-corrected chi connectivity index (χ0v) is 13.0. The molecule has 1 heterocycles. The van der Waals surface area contributed by atoms with Crippen LogP contribution in [0.4, 0.5) is 17.1 Å². The van der Waals surface area contributed by atoms with Gasteiger partial charge in [-0.05, 0) is 12.5 Å². The van der Waals surface area contributed by atoms with Gasteiger partial charge < -0.3 is 15.4 Å². The fourth-order valence-electron chi connectivity index (χ4n) is 2.13. The van der Waals surface area contributed by atoms with Crippen LogP contribution in [0.3, 0.4) is 0 Å². The minimum atomic E-state index is -0.606. The van der Waals surface area contributed by atoms with E-state index in [-0.39, 0.29) is 17.3 Å². The average molecular weight is 307 g/mol. The van der Waals surface area contributed by atoms with Crippen molar-refractivity contribution in [2.75, 3.05) is 24.3 Å². The van der Waals surface area contributed by atoms with Gasteiger partial charge in [-0.2, -0.15) is 0 Å². The lowest BCUT2D eigenvalue weighted by atomic mass is 10.1. The Morgan fingerprint density at radius 2 is 2.23 bits per heavy atom. The third-order valence-corrected chi connectivity index (χ3v) is 3.07. The van der Waals surface area contributed by atoms with Crippen molar-refractivity contribution >= 4 is 23.0 Å². The molecule has 2 N–H and O–H groups in total. The first-order valence-electron chi connectivity index (χ1n) is 7.09. The van der Waals surface area contributed by atoms with E-state index >= 15 is 0 Å². The number of nitro groups is 1. The van der Waals surface area contributed by atoms with Gasteiger partial charge in [-0.15, -0.1) is 6.58 Å². The molecule has 2 rings (SSSR count). The highest BCUT2D eigenvalue weighted by atomic mass is 16.6. The summed E-state index contributed by atoms with van der Waals surface area (Å²) in [6.45, 7) is 8.25. The molecule has 1 aliphatic rings. The Hall–Kier alpha value is -2.57. The average Bonchev–Trinajstić information content (AvgIpc) is 2.55. The monoisotopic (exact) mass is 307 g/mol. The smallest absolute Gasteiger partial charge is 0.338 e. The van der Waals surface area contributed by atoms with Crippen LogP contribution >= 0.6 is 0 Å². The van der Waals surface area contributed by atoms with Gasteiger partial charge in [-0.1, -0.05) is 19.9 Å². The van der Waals surface area contributed by atoms with Crippen molar-refractivity contribution in [2.45, 2.75) is 26.3 Å². The number of ether oxygens (including phenoxy) is 1. The molecular weight excluding hydrogens is 286 g/mol. The molecule has 0 bridgehead atoms. The van der Waals surface area contributed by atoms with Crippen LogP contribution in [0.2, 0.25) is 0 Å². The molecule has 22 heavy (non-hydrogen) atoms. The molecule has 1 aromatic carbocycles. The van der Waals surface area contributed by atoms with E-state index < -0.39 is 10.9 Å². The topological polar surface area (TPSA) is 93.5 Å². The van der Waals surface area contributed by atoms with Crippen LogP contribution in [0.1, 0.15) is 30.6 Å². The molecule has 0 saturated carbocycles. The quantitative estimate of drug-likeness (QED) is 0.384. The van der Waals surface area contributed by atoms with E-state index in [1.54, 1.807) is 12.1 Å². The maximum Gasteiger partial charge on any atom is 0.338 e. The maximum atomic E-state index is 11.5. The minimum absolute atomic E-state index is 0.0303. The van der Waals surface area contributed by atoms with Crippen LogP contribution in [0.15, 0.2) is 24.8 Å². The number of benzene rings is 1. The van der Waals surface area contributed by atoms with E-state index in [9.17, 15) is 14.9 Å². The van der Waals surface area contributed by atoms with Crippen LogP contribution in [0.25, 0.3) is 0 Å². The lowest BCUT2D eigenvalue weighted by molar-refractivity contribution is -0.384. The van der Waals surface area contributed by atoms with Gasteiger partial charge in [-0.25, -0.2) is 4.79 Å². The molecule has 1 aromatic rings. The van der Waals surface area contributed by atoms with Crippen molar-refractivity contribution < 1.29 is 14.5 Å². The van der Waals surface area contributed by atoms with Gasteiger partial charge in [0, 0.05) is 18.7 Å². The molecule has 120 valence electrons. The number of fused-ring (bicyclic) bond motifs is 1. The molecule has 0 amide bonds. The van der Waals surface area contributed by atoms with Gasteiger partial charge in [0.15, 0.2) is 0 Å². The molecule has 0 saturated heterocycles. The second kappa shape index (κ2) is 8.02. The summed E-state index contributed by atoms with van der Waals surface area (Å²) in [6, 6.07) is 2.80. The Kier molecular flexibility index (Phi) is 6.37. The molecule has 1 unspecified atom stereocenters. The highest BCUT2D eigenvalue weighted by molar-refractivity contribution is 5.95. The molecule has 0 spiro atoms. The summed E-state index contributed by atoms with van der Waals surface area (Å²) < 4.78 is 4.60. The summed E-state index contributed by atoms with van der Waals surface area (Å²) in [5, 5.41) is 17.4. The number of anilines is 2. The first kappa shape index (κ1) is 17.5. The summed E-state index contributed by atoms with van der Waals surface area (Å²) in [7, 11) is 1.24. The number of carbonyl (C=O) groups is 1. The number of nitro benzene ring substituents is 1. The summed E-state index contributed by atoms with van der Waals surface area (Å²) in [4.78, 5) is 22.2. The Morgan fingerprint density at radius 3 is 2.77 bits per heavy atom. The predicted octanol–water partition coefficient (Wildman–Crippen LogP) is 3.19. The van der Waals surface area contributed by atoms with Gasteiger partial charge in [-0.3, -0.25) is 10.1 Å². The third-order valence-electron chi connectivity index (χ3n) is 3.07. The maximum absolute atomic E-state index is 11.5. The number of methoxy groups -OCH3 is 1. The van der Waals surface area contributed by atoms with Crippen LogP contribution in [0, 0.1) is 10.1 Å². The first-order valence-corrected chi connectivity index (χ1v) is 7.09. The van der Waals surface area contributed by atoms with Crippen LogP contribution < -0.4 is 10.6 Å². The molecule has 7 heteroatoms. The van der Waals surface area contributed by atoms with Gasteiger partial charge >= 0.3 is 5.97 Å². The second-order valence-corrected chi connectivity index (χ2v) is 4.41. The van der Waals surface area contributed by atoms with E-state index in [1.807, 2.05) is 13.8 Å². The van der Waals surface area contributed by atoms with Crippen LogP contribution in [-0.4, -0.2) is 30.6 Å². The predicted molar refractivity (Wildman–Crippen MR) is 86.5 cm³/mol. The Bertz CT molecular complexity index is 572. The largest absolute Gasteiger partial charge is 0.465 e. The molecule has 0 aromatic heterocycles. The number of hydrogen-bond donors (Lipinski definition) is 2. The molecule has 1 atom stereocenters. The normalized spacial score (nSPS) is 15.1. The summed E-state index contributed by atoms with van der Waals surface area (Å²) in [6.07, 6.45) is 2.43. The van der Waals surface area contributed by atoms with E-state index in [0.717, 1.165) is 0 Å². The van der Waals surface area contributed by atoms with Crippen molar-refractivity contribution in [3.05, 3.63) is 40.5 Å². The molecule has 0 aliphatic carbocycles. The first-order chi connectivity index (χ1) is 10.6. The number of esters is 1. The van der Waals surface area contributed by atoms with Crippen molar-refractivity contribution in [1.82, 2.24) is 0 Å². The highest BCUT2D eigenvalue weighted by Gasteiger charge is 2.27. The molecule has 0 fully saturated rings. The standard InChI is InChI=1S/C13H15N3O4.C2H6/c1-3-4-9-7-14-10-5-8(13(17)20-2)6-11(16(18)19)12(10)15-9;1-2/h3,5-6,9,14-15H,1,4,7H2,2H3;1-2H3. The SMILES string of the molecule is C=CCC1CNc2cc(C(=O)OC)cc([N+](=O)[O-])c2N1.CC. The number of hydrogen-bond acceptors (Lipinski definition) is 6. The molecule has 7 nitrogen and oxygen atoms in total. The molecular formula is C15H21N3O4. The summed E-state index contributed by atoms with van der Waals surface area (Å²) in [5.41, 5.74) is 0.916. The van der Waals surface area contributed by atoms with E-state index in [4.69, 9.17) is 0 Å². The lowest BCUT2D eigenvalue weighted by Crippen LogP contribution is -2.33. The van der Waals surface area contributed by atoms with Gasteiger partial charge in [0.25, 0.3) is 5.69 Å². The number of nitrogens with one attached hydrogen (secondary N) is 2. The van der Waals surface area contributed by atoms with Gasteiger partial charge in [0.05, 0.1) is 23.3 Å². The van der Waals surface area contributed by atoms with Crippen molar-refractivity contribution in [2.24, 2.45) is 0 Å². The number of nitrogens with zero attached hydrogens (tertiary/aromatic N) is 1. The Labute approximate surface area is 129 Å². The van der Waals surface area contributed by atoms with Gasteiger partial charge in [0.2, 0.25) is 0 Å². The summed E-state index contributed by atoms with van der Waals surface area (Å²) >= 11 is 0. The Morgan fingerprint density at radius 1 is 1.55 bits per heavy atom. The zero-order chi connectivity index (χ0) is 16.7. The minimum Gasteiger partial charge on any atom is -0.465 e. The van der Waals surface area contributed by atoms with Crippen LogP contribution in [0.5, 0.6) is 0 Å². The molecule has 0 radical (unpaired) electrons. The third kappa shape index (κ3) is 3.75. The lowest BCUT2D eigenvalue weighted by Gasteiger charge is -2.27. The van der Waals surface area contributed by atoms with Crippen molar-refractivity contribution in [3.63, 3.8) is 0 Å². The fraction of sp³-hybridized carbons (Fsp3) is 0.400. The van der Waals surface area contributed by atoms with E-state index in [1.165, 1.54) is 13.2 Å². The zero-order valence-electron chi connectivity index (χ0n) is 13.0. The molecule has 1 aliphatic heterocycles. The van der Waals surface area contributed by atoms with Crippen LogP contribution in [-0.2, 0) is 4.74 Å².